The van der Waals surface area contributed by atoms with Gasteiger partial charge in [0, 0.05) is 11.9 Å². The number of nitrogens with zero attached hydrogens (tertiary/aromatic N) is 4. The van der Waals surface area contributed by atoms with Gasteiger partial charge in [0.05, 0.1) is 34.6 Å². The van der Waals surface area contributed by atoms with Gasteiger partial charge in [-0.2, -0.15) is 5.10 Å². The quantitative estimate of drug-likeness (QED) is 0.565. The van der Waals surface area contributed by atoms with Gasteiger partial charge in [0.2, 0.25) is 0 Å². The normalized spacial score (nSPS) is 11.0. The SMILES string of the molecule is CCc1ccc(-n2nc(C)c3c(C(=O)NCc4ccccn4)cc(C)nc32)cc1. The first-order valence-corrected chi connectivity index (χ1v) is 9.71. The van der Waals surface area contributed by atoms with E-state index in [9.17, 15) is 4.79 Å². The van der Waals surface area contributed by atoms with Crippen LogP contribution >= 0.6 is 0 Å². The zero-order valence-corrected chi connectivity index (χ0v) is 16.8. The Labute approximate surface area is 169 Å². The highest BCUT2D eigenvalue weighted by Gasteiger charge is 2.19. The Bertz CT molecular complexity index is 1160. The molecule has 0 bridgehead atoms. The number of hydrogen-bond donors (Lipinski definition) is 1. The molecule has 0 spiro atoms. The van der Waals surface area contributed by atoms with Crippen molar-refractivity contribution in [1.82, 2.24) is 25.1 Å². The summed E-state index contributed by atoms with van der Waals surface area (Å²) >= 11 is 0. The zero-order chi connectivity index (χ0) is 20.4. The van der Waals surface area contributed by atoms with Gasteiger partial charge in [-0.1, -0.05) is 25.1 Å². The number of rotatable bonds is 5. The lowest BCUT2D eigenvalue weighted by Gasteiger charge is -2.08. The lowest BCUT2D eigenvalue weighted by molar-refractivity contribution is 0.0952. The second kappa shape index (κ2) is 7.83. The van der Waals surface area contributed by atoms with Gasteiger partial charge >= 0.3 is 0 Å². The van der Waals surface area contributed by atoms with Gasteiger partial charge in [0.25, 0.3) is 5.91 Å². The maximum Gasteiger partial charge on any atom is 0.252 e. The minimum absolute atomic E-state index is 0.157. The summed E-state index contributed by atoms with van der Waals surface area (Å²) in [5.74, 6) is -0.157. The number of hydrogen-bond acceptors (Lipinski definition) is 4. The van der Waals surface area contributed by atoms with Gasteiger partial charge in [-0.05, 0) is 56.2 Å². The molecule has 0 unspecified atom stereocenters. The molecule has 0 saturated heterocycles. The van der Waals surface area contributed by atoms with Gasteiger partial charge in [0.15, 0.2) is 5.65 Å². The van der Waals surface area contributed by atoms with Crippen LogP contribution in [0.25, 0.3) is 16.7 Å². The van der Waals surface area contributed by atoms with E-state index in [0.29, 0.717) is 17.8 Å². The fourth-order valence-corrected chi connectivity index (χ4v) is 3.41. The Balaban J connectivity index is 1.73. The van der Waals surface area contributed by atoms with E-state index in [1.165, 1.54) is 5.56 Å². The third-order valence-corrected chi connectivity index (χ3v) is 4.93. The molecule has 1 amide bonds. The summed E-state index contributed by atoms with van der Waals surface area (Å²) in [6.45, 7) is 6.30. The van der Waals surface area contributed by atoms with Crippen LogP contribution in [0.5, 0.6) is 0 Å². The number of carbonyl (C=O) groups excluding carboxylic acids is 1. The largest absolute Gasteiger partial charge is 0.346 e. The van der Waals surface area contributed by atoms with Crippen molar-refractivity contribution in [2.45, 2.75) is 33.7 Å². The number of carbonyl (C=O) groups is 1. The van der Waals surface area contributed by atoms with Crippen molar-refractivity contribution < 1.29 is 4.79 Å². The molecule has 0 fully saturated rings. The molecule has 1 aromatic carbocycles. The fourth-order valence-electron chi connectivity index (χ4n) is 3.41. The summed E-state index contributed by atoms with van der Waals surface area (Å²) in [7, 11) is 0. The van der Waals surface area contributed by atoms with Crippen LogP contribution in [-0.4, -0.2) is 25.7 Å². The number of pyridine rings is 2. The summed E-state index contributed by atoms with van der Waals surface area (Å²) < 4.78 is 1.81. The summed E-state index contributed by atoms with van der Waals surface area (Å²) in [5.41, 5.74) is 5.82. The predicted molar refractivity (Wildman–Crippen MR) is 113 cm³/mol. The molecule has 0 aliphatic rings. The van der Waals surface area contributed by atoms with Crippen LogP contribution in [-0.2, 0) is 13.0 Å². The number of benzene rings is 1. The highest BCUT2D eigenvalue weighted by Crippen LogP contribution is 2.25. The molecule has 3 heterocycles. The Morgan fingerprint density at radius 2 is 1.90 bits per heavy atom. The second-order valence-electron chi connectivity index (χ2n) is 7.03. The van der Waals surface area contributed by atoms with E-state index in [1.807, 2.05) is 54.9 Å². The van der Waals surface area contributed by atoms with Crippen LogP contribution < -0.4 is 5.32 Å². The zero-order valence-electron chi connectivity index (χ0n) is 16.8. The Morgan fingerprint density at radius 1 is 1.10 bits per heavy atom. The Morgan fingerprint density at radius 3 is 2.59 bits per heavy atom. The molecule has 0 radical (unpaired) electrons. The molecule has 4 rings (SSSR count). The molecule has 1 N–H and O–H groups in total. The molecule has 0 atom stereocenters. The van der Waals surface area contributed by atoms with Crippen LogP contribution in [0.4, 0.5) is 0 Å². The van der Waals surface area contributed by atoms with E-state index >= 15 is 0 Å². The Kier molecular flexibility index (Phi) is 5.08. The van der Waals surface area contributed by atoms with Crippen LogP contribution in [0.2, 0.25) is 0 Å². The third-order valence-electron chi connectivity index (χ3n) is 4.93. The van der Waals surface area contributed by atoms with Crippen molar-refractivity contribution in [3.05, 3.63) is 82.9 Å². The Hall–Kier alpha value is -3.54. The van der Waals surface area contributed by atoms with Crippen LogP contribution in [0.3, 0.4) is 0 Å². The fraction of sp³-hybridized carbons (Fsp3) is 0.217. The lowest BCUT2D eigenvalue weighted by atomic mass is 10.1. The number of fused-ring (bicyclic) bond motifs is 1. The van der Waals surface area contributed by atoms with Crippen LogP contribution in [0.1, 0.15) is 39.9 Å². The minimum atomic E-state index is -0.157. The second-order valence-corrected chi connectivity index (χ2v) is 7.03. The maximum atomic E-state index is 13.0. The number of aromatic nitrogens is 4. The maximum absolute atomic E-state index is 13.0. The molecular formula is C23H23N5O. The van der Waals surface area contributed by atoms with Gasteiger partial charge < -0.3 is 5.32 Å². The molecule has 6 nitrogen and oxygen atoms in total. The van der Waals surface area contributed by atoms with Crippen molar-refractivity contribution in [2.24, 2.45) is 0 Å². The third kappa shape index (κ3) is 3.74. The summed E-state index contributed by atoms with van der Waals surface area (Å²) in [4.78, 5) is 21.9. The van der Waals surface area contributed by atoms with Gasteiger partial charge in [-0.15, -0.1) is 0 Å². The highest BCUT2D eigenvalue weighted by atomic mass is 16.1. The molecule has 29 heavy (non-hydrogen) atoms. The van der Waals surface area contributed by atoms with Crippen LogP contribution in [0.15, 0.2) is 54.7 Å². The van der Waals surface area contributed by atoms with Crippen molar-refractivity contribution in [3.63, 3.8) is 0 Å². The van der Waals surface area contributed by atoms with Crippen molar-refractivity contribution in [2.75, 3.05) is 0 Å². The van der Waals surface area contributed by atoms with Crippen molar-refractivity contribution in [1.29, 1.82) is 0 Å². The summed E-state index contributed by atoms with van der Waals surface area (Å²) in [6, 6.07) is 15.7. The molecule has 0 aliphatic heterocycles. The summed E-state index contributed by atoms with van der Waals surface area (Å²) in [6.07, 6.45) is 2.70. The van der Waals surface area contributed by atoms with Gasteiger partial charge in [0.1, 0.15) is 0 Å². The molecule has 146 valence electrons. The molecule has 4 aromatic rings. The van der Waals surface area contributed by atoms with E-state index in [1.54, 1.807) is 6.20 Å². The first kappa shape index (κ1) is 18.8. The van der Waals surface area contributed by atoms with E-state index in [-0.39, 0.29) is 5.91 Å². The van der Waals surface area contributed by atoms with Gasteiger partial charge in [-0.25, -0.2) is 9.67 Å². The molecule has 0 saturated carbocycles. The molecule has 0 aliphatic carbocycles. The van der Waals surface area contributed by atoms with Crippen LogP contribution in [0, 0.1) is 13.8 Å². The van der Waals surface area contributed by atoms with Gasteiger partial charge in [-0.3, -0.25) is 9.78 Å². The smallest absolute Gasteiger partial charge is 0.252 e. The average Bonchev–Trinajstić information content (AvgIpc) is 3.08. The summed E-state index contributed by atoms with van der Waals surface area (Å²) in [5, 5.41) is 8.41. The first-order chi connectivity index (χ1) is 14.1. The number of amides is 1. The van der Waals surface area contributed by atoms with Crippen molar-refractivity contribution in [3.8, 4) is 5.69 Å². The first-order valence-electron chi connectivity index (χ1n) is 9.71. The standard InChI is InChI=1S/C23H23N5O/c1-4-17-8-10-19(11-9-17)28-22-21(16(3)27-28)20(13-15(2)26-22)23(29)25-14-18-7-5-6-12-24-18/h5-13H,4,14H2,1-3H3,(H,25,29). The molecule has 3 aromatic heterocycles. The monoisotopic (exact) mass is 385 g/mol. The van der Waals surface area contributed by atoms with E-state index in [4.69, 9.17) is 0 Å². The van der Waals surface area contributed by atoms with E-state index in [0.717, 1.165) is 34.6 Å². The lowest BCUT2D eigenvalue weighted by Crippen LogP contribution is -2.23. The predicted octanol–water partition coefficient (Wildman–Crippen LogP) is 3.92. The molecule has 6 heteroatoms. The molecular weight excluding hydrogens is 362 g/mol. The minimum Gasteiger partial charge on any atom is -0.346 e. The average molecular weight is 385 g/mol. The number of nitrogens with one attached hydrogen (secondary N) is 1. The van der Waals surface area contributed by atoms with E-state index < -0.39 is 0 Å². The van der Waals surface area contributed by atoms with E-state index in [2.05, 4.69) is 39.4 Å². The number of aryl methyl sites for hydroxylation is 3. The topological polar surface area (TPSA) is 72.7 Å². The van der Waals surface area contributed by atoms with Crippen molar-refractivity contribution >= 4 is 16.9 Å². The highest BCUT2D eigenvalue weighted by molar-refractivity contribution is 6.06.